The van der Waals surface area contributed by atoms with Gasteiger partial charge in [-0.25, -0.2) is 0 Å². The van der Waals surface area contributed by atoms with Gasteiger partial charge in [-0.15, -0.1) is 0 Å². The van der Waals surface area contributed by atoms with Crippen LogP contribution in [-0.4, -0.2) is 5.91 Å². The molecule has 3 N–H and O–H groups in total. The monoisotopic (exact) mass is 268 g/mol. The Labute approximate surface area is 117 Å². The lowest BCUT2D eigenvalue weighted by Crippen LogP contribution is -2.18. The number of carbonyl (C=O) groups excluding carboxylic acids is 1. The Hall–Kier alpha value is -2.49. The number of nitrogens with two attached hydrogens (primary N) is 1. The lowest BCUT2D eigenvalue weighted by molar-refractivity contribution is -0.116. The summed E-state index contributed by atoms with van der Waals surface area (Å²) in [6, 6.07) is 11.4. The molecule has 0 unspecified atom stereocenters. The molecule has 2 aromatic rings. The minimum Gasteiger partial charge on any atom is -0.455 e. The third kappa shape index (κ3) is 2.32. The SMILES string of the molecule is Cc1cccc(N)c1Oc1ccc2c(c1)CCC(=O)N2. The van der Waals surface area contributed by atoms with Crippen LogP contribution in [0.3, 0.4) is 0 Å². The fourth-order valence-corrected chi connectivity index (χ4v) is 2.36. The molecule has 102 valence electrons. The Kier molecular flexibility index (Phi) is 3.06. The van der Waals surface area contributed by atoms with Gasteiger partial charge in [0.05, 0.1) is 5.69 Å². The number of nitrogen functional groups attached to an aromatic ring is 1. The third-order valence-corrected chi connectivity index (χ3v) is 3.43. The summed E-state index contributed by atoms with van der Waals surface area (Å²) in [5, 5.41) is 2.85. The molecule has 1 aliphatic rings. The molecule has 0 saturated carbocycles. The van der Waals surface area contributed by atoms with E-state index in [-0.39, 0.29) is 5.91 Å². The maximum atomic E-state index is 11.3. The second-order valence-corrected chi connectivity index (χ2v) is 4.96. The zero-order valence-corrected chi connectivity index (χ0v) is 11.3. The Bertz CT molecular complexity index is 660. The number of hydrogen-bond acceptors (Lipinski definition) is 3. The predicted molar refractivity (Wildman–Crippen MR) is 79.1 cm³/mol. The van der Waals surface area contributed by atoms with E-state index in [1.54, 1.807) is 0 Å². The van der Waals surface area contributed by atoms with Crippen molar-refractivity contribution in [2.24, 2.45) is 0 Å². The summed E-state index contributed by atoms with van der Waals surface area (Å²) < 4.78 is 5.90. The molecule has 3 rings (SSSR count). The summed E-state index contributed by atoms with van der Waals surface area (Å²) >= 11 is 0. The summed E-state index contributed by atoms with van der Waals surface area (Å²) in [5.41, 5.74) is 9.52. The van der Waals surface area contributed by atoms with Gasteiger partial charge in [-0.05, 0) is 48.7 Å². The smallest absolute Gasteiger partial charge is 0.224 e. The topological polar surface area (TPSA) is 64.3 Å². The highest BCUT2D eigenvalue weighted by molar-refractivity contribution is 5.94. The van der Waals surface area contributed by atoms with E-state index in [0.29, 0.717) is 17.9 Å². The van der Waals surface area contributed by atoms with E-state index in [1.165, 1.54) is 0 Å². The first-order valence-corrected chi connectivity index (χ1v) is 6.59. The van der Waals surface area contributed by atoms with Gasteiger partial charge in [-0.3, -0.25) is 4.79 Å². The Balaban J connectivity index is 1.91. The van der Waals surface area contributed by atoms with Crippen molar-refractivity contribution in [3.63, 3.8) is 0 Å². The van der Waals surface area contributed by atoms with Crippen LogP contribution in [0.25, 0.3) is 0 Å². The van der Waals surface area contributed by atoms with E-state index in [4.69, 9.17) is 10.5 Å². The number of anilines is 2. The second kappa shape index (κ2) is 4.89. The molecule has 0 aromatic heterocycles. The number of rotatable bonds is 2. The zero-order valence-electron chi connectivity index (χ0n) is 11.3. The standard InChI is InChI=1S/C16H16N2O2/c1-10-3-2-4-13(17)16(10)20-12-6-7-14-11(9-12)5-8-15(19)18-14/h2-4,6-7,9H,5,8,17H2,1H3,(H,18,19). The van der Waals surface area contributed by atoms with Crippen molar-refractivity contribution in [3.8, 4) is 11.5 Å². The number of nitrogens with one attached hydrogen (secondary N) is 1. The molecule has 20 heavy (non-hydrogen) atoms. The highest BCUT2D eigenvalue weighted by Gasteiger charge is 2.15. The van der Waals surface area contributed by atoms with Gasteiger partial charge >= 0.3 is 0 Å². The van der Waals surface area contributed by atoms with E-state index < -0.39 is 0 Å². The molecule has 0 spiro atoms. The quantitative estimate of drug-likeness (QED) is 0.822. The molecule has 0 radical (unpaired) electrons. The van der Waals surface area contributed by atoms with Crippen LogP contribution >= 0.6 is 0 Å². The van der Waals surface area contributed by atoms with Gasteiger partial charge in [-0.1, -0.05) is 12.1 Å². The molecule has 0 bridgehead atoms. The zero-order chi connectivity index (χ0) is 14.1. The van der Waals surface area contributed by atoms with E-state index >= 15 is 0 Å². The number of para-hydroxylation sites is 1. The number of carbonyl (C=O) groups is 1. The fraction of sp³-hybridized carbons (Fsp3) is 0.188. The van der Waals surface area contributed by atoms with E-state index in [1.807, 2.05) is 43.3 Å². The van der Waals surface area contributed by atoms with Crippen LogP contribution in [0.15, 0.2) is 36.4 Å². The molecule has 1 aliphatic heterocycles. The first kappa shape index (κ1) is 12.5. The molecule has 2 aromatic carbocycles. The van der Waals surface area contributed by atoms with Crippen molar-refractivity contribution in [2.75, 3.05) is 11.1 Å². The number of benzene rings is 2. The highest BCUT2D eigenvalue weighted by Crippen LogP contribution is 2.33. The van der Waals surface area contributed by atoms with Gasteiger partial charge in [-0.2, -0.15) is 0 Å². The largest absolute Gasteiger partial charge is 0.455 e. The van der Waals surface area contributed by atoms with Crippen LogP contribution in [0, 0.1) is 6.92 Å². The van der Waals surface area contributed by atoms with Gasteiger partial charge < -0.3 is 15.8 Å². The van der Waals surface area contributed by atoms with Crippen LogP contribution in [0.1, 0.15) is 17.5 Å². The molecule has 1 amide bonds. The van der Waals surface area contributed by atoms with Crippen LogP contribution in [0.2, 0.25) is 0 Å². The van der Waals surface area contributed by atoms with E-state index in [0.717, 1.165) is 29.0 Å². The van der Waals surface area contributed by atoms with Crippen molar-refractivity contribution in [3.05, 3.63) is 47.5 Å². The van der Waals surface area contributed by atoms with E-state index in [9.17, 15) is 4.79 Å². The van der Waals surface area contributed by atoms with Crippen molar-refractivity contribution < 1.29 is 9.53 Å². The molecule has 4 nitrogen and oxygen atoms in total. The fourth-order valence-electron chi connectivity index (χ4n) is 2.36. The summed E-state index contributed by atoms with van der Waals surface area (Å²) in [6.07, 6.45) is 1.25. The summed E-state index contributed by atoms with van der Waals surface area (Å²) in [6.45, 7) is 1.96. The molecule has 0 saturated heterocycles. The average Bonchev–Trinajstić information content (AvgIpc) is 2.43. The molecule has 4 heteroatoms. The number of aryl methyl sites for hydroxylation is 2. The molecular formula is C16H16N2O2. The van der Waals surface area contributed by atoms with Crippen LogP contribution in [0.5, 0.6) is 11.5 Å². The molecule has 0 atom stereocenters. The number of ether oxygens (including phenoxy) is 1. The molecule has 1 heterocycles. The average molecular weight is 268 g/mol. The second-order valence-electron chi connectivity index (χ2n) is 4.96. The summed E-state index contributed by atoms with van der Waals surface area (Å²) in [7, 11) is 0. The molecule has 0 aliphatic carbocycles. The van der Waals surface area contributed by atoms with Crippen molar-refractivity contribution in [2.45, 2.75) is 19.8 Å². The minimum atomic E-state index is 0.0642. The minimum absolute atomic E-state index is 0.0642. The van der Waals surface area contributed by atoms with Crippen molar-refractivity contribution >= 4 is 17.3 Å². The number of hydrogen-bond donors (Lipinski definition) is 2. The maximum absolute atomic E-state index is 11.3. The Morgan fingerprint density at radius 1 is 1.20 bits per heavy atom. The normalized spacial score (nSPS) is 13.6. The Morgan fingerprint density at radius 2 is 2.05 bits per heavy atom. The predicted octanol–water partition coefficient (Wildman–Crippen LogP) is 3.25. The third-order valence-electron chi connectivity index (χ3n) is 3.43. The maximum Gasteiger partial charge on any atom is 0.224 e. The van der Waals surface area contributed by atoms with Crippen LogP contribution in [-0.2, 0) is 11.2 Å². The van der Waals surface area contributed by atoms with Gasteiger partial charge in [0.2, 0.25) is 5.91 Å². The number of fused-ring (bicyclic) bond motifs is 1. The van der Waals surface area contributed by atoms with Gasteiger partial charge in [0, 0.05) is 12.1 Å². The number of amides is 1. The van der Waals surface area contributed by atoms with Gasteiger partial charge in [0.1, 0.15) is 5.75 Å². The van der Waals surface area contributed by atoms with Crippen molar-refractivity contribution in [1.82, 2.24) is 0 Å². The van der Waals surface area contributed by atoms with E-state index in [2.05, 4.69) is 5.32 Å². The van der Waals surface area contributed by atoms with Gasteiger partial charge in [0.15, 0.2) is 5.75 Å². The van der Waals surface area contributed by atoms with Crippen LogP contribution < -0.4 is 15.8 Å². The van der Waals surface area contributed by atoms with Crippen molar-refractivity contribution in [1.29, 1.82) is 0 Å². The lowest BCUT2D eigenvalue weighted by atomic mass is 10.0. The molecular weight excluding hydrogens is 252 g/mol. The summed E-state index contributed by atoms with van der Waals surface area (Å²) in [4.78, 5) is 11.3. The molecule has 0 fully saturated rings. The van der Waals surface area contributed by atoms with Gasteiger partial charge in [0.25, 0.3) is 0 Å². The highest BCUT2D eigenvalue weighted by atomic mass is 16.5. The lowest BCUT2D eigenvalue weighted by Gasteiger charge is -2.18. The first-order valence-electron chi connectivity index (χ1n) is 6.59. The van der Waals surface area contributed by atoms with Crippen LogP contribution in [0.4, 0.5) is 11.4 Å². The summed E-state index contributed by atoms with van der Waals surface area (Å²) in [5.74, 6) is 1.49. The first-order chi connectivity index (χ1) is 9.63. The Morgan fingerprint density at radius 3 is 2.85 bits per heavy atom.